The molecular weight excluding hydrogens is 240 g/mol. The average Bonchev–Trinajstić information content (AvgIpc) is 2.39. The fraction of sp³-hybridized carbons (Fsp3) is 0.286. The number of hydrogen-bond donors (Lipinski definition) is 2. The van der Waals surface area contributed by atoms with E-state index in [9.17, 15) is 0 Å². The molecule has 3 N–H and O–H groups in total. The molecule has 2 aromatic rings. The summed E-state index contributed by atoms with van der Waals surface area (Å²) >= 11 is 0. The van der Waals surface area contributed by atoms with Gasteiger partial charge in [0.2, 0.25) is 5.88 Å². The lowest BCUT2D eigenvalue weighted by Crippen LogP contribution is -2.29. The predicted molar refractivity (Wildman–Crippen MR) is 73.7 cm³/mol. The van der Waals surface area contributed by atoms with Gasteiger partial charge in [-0.15, -0.1) is 10.2 Å². The second-order valence-corrected chi connectivity index (χ2v) is 4.52. The topological polar surface area (TPSA) is 73.1 Å². The SMILES string of the molecule is COc1ccc(C(NN)c2cc(C)cc(C)c2)nn1. The summed E-state index contributed by atoms with van der Waals surface area (Å²) in [4.78, 5) is 0. The van der Waals surface area contributed by atoms with Gasteiger partial charge in [-0.1, -0.05) is 29.3 Å². The van der Waals surface area contributed by atoms with Crippen LogP contribution >= 0.6 is 0 Å². The molecule has 0 bridgehead atoms. The molecule has 100 valence electrons. The van der Waals surface area contributed by atoms with Crippen LogP contribution in [-0.4, -0.2) is 17.3 Å². The largest absolute Gasteiger partial charge is 0.480 e. The third kappa shape index (κ3) is 3.07. The van der Waals surface area contributed by atoms with Crippen molar-refractivity contribution in [2.75, 3.05) is 7.11 Å². The van der Waals surface area contributed by atoms with Crippen LogP contribution < -0.4 is 16.0 Å². The number of benzene rings is 1. The van der Waals surface area contributed by atoms with Crippen LogP contribution in [0.2, 0.25) is 0 Å². The Morgan fingerprint density at radius 2 is 1.79 bits per heavy atom. The number of rotatable bonds is 4. The quantitative estimate of drug-likeness (QED) is 0.644. The highest BCUT2D eigenvalue weighted by Crippen LogP contribution is 2.22. The molecule has 1 aromatic heterocycles. The van der Waals surface area contributed by atoms with Crippen LogP contribution in [0.15, 0.2) is 30.3 Å². The first kappa shape index (κ1) is 13.5. The fourth-order valence-electron chi connectivity index (χ4n) is 2.12. The lowest BCUT2D eigenvalue weighted by molar-refractivity contribution is 0.390. The van der Waals surface area contributed by atoms with Gasteiger partial charge in [-0.2, -0.15) is 0 Å². The van der Waals surface area contributed by atoms with Gasteiger partial charge in [-0.3, -0.25) is 5.84 Å². The van der Waals surface area contributed by atoms with Crippen molar-refractivity contribution in [2.45, 2.75) is 19.9 Å². The van der Waals surface area contributed by atoms with E-state index in [0.717, 1.165) is 11.3 Å². The van der Waals surface area contributed by atoms with E-state index in [0.29, 0.717) is 5.88 Å². The van der Waals surface area contributed by atoms with Gasteiger partial charge < -0.3 is 4.74 Å². The summed E-state index contributed by atoms with van der Waals surface area (Å²) in [5.74, 6) is 6.14. The Hall–Kier alpha value is -1.98. The molecule has 0 spiro atoms. The van der Waals surface area contributed by atoms with Crippen LogP contribution in [0.4, 0.5) is 0 Å². The molecule has 5 heteroatoms. The number of nitrogens with one attached hydrogen (secondary N) is 1. The molecule has 0 saturated heterocycles. The normalized spacial score (nSPS) is 12.2. The monoisotopic (exact) mass is 258 g/mol. The van der Waals surface area contributed by atoms with Crippen LogP contribution in [0.3, 0.4) is 0 Å². The molecule has 1 unspecified atom stereocenters. The summed E-state index contributed by atoms with van der Waals surface area (Å²) in [6, 6.07) is 9.74. The maximum absolute atomic E-state index is 5.66. The number of aromatic nitrogens is 2. The molecule has 0 aliphatic carbocycles. The van der Waals surface area contributed by atoms with Crippen molar-refractivity contribution in [1.82, 2.24) is 15.6 Å². The molecule has 0 amide bonds. The molecule has 1 heterocycles. The maximum atomic E-state index is 5.66. The third-order valence-corrected chi connectivity index (χ3v) is 2.91. The van der Waals surface area contributed by atoms with Gasteiger partial charge in [0.15, 0.2) is 0 Å². The second-order valence-electron chi connectivity index (χ2n) is 4.52. The van der Waals surface area contributed by atoms with Crippen LogP contribution in [0.5, 0.6) is 5.88 Å². The second kappa shape index (κ2) is 5.77. The van der Waals surface area contributed by atoms with Crippen LogP contribution in [0.1, 0.15) is 28.4 Å². The molecule has 0 aliphatic rings. The number of hydrogen-bond acceptors (Lipinski definition) is 5. The first-order valence-corrected chi connectivity index (χ1v) is 6.06. The highest BCUT2D eigenvalue weighted by atomic mass is 16.5. The first-order chi connectivity index (χ1) is 9.13. The van der Waals surface area contributed by atoms with Crippen molar-refractivity contribution in [3.8, 4) is 5.88 Å². The van der Waals surface area contributed by atoms with Crippen LogP contribution in [0.25, 0.3) is 0 Å². The summed E-state index contributed by atoms with van der Waals surface area (Å²) in [5, 5.41) is 8.11. The number of hydrazine groups is 1. The van der Waals surface area contributed by atoms with Crippen molar-refractivity contribution in [1.29, 1.82) is 0 Å². The Kier molecular flexibility index (Phi) is 4.09. The summed E-state index contributed by atoms with van der Waals surface area (Å²) in [5.41, 5.74) is 6.99. The van der Waals surface area contributed by atoms with Crippen molar-refractivity contribution in [3.05, 3.63) is 52.7 Å². The van der Waals surface area contributed by atoms with Crippen molar-refractivity contribution in [2.24, 2.45) is 5.84 Å². The average molecular weight is 258 g/mol. The van der Waals surface area contributed by atoms with Gasteiger partial charge in [-0.05, 0) is 25.5 Å². The van der Waals surface area contributed by atoms with Crippen molar-refractivity contribution in [3.63, 3.8) is 0 Å². The third-order valence-electron chi connectivity index (χ3n) is 2.91. The Balaban J connectivity index is 2.37. The lowest BCUT2D eigenvalue weighted by atomic mass is 9.99. The van der Waals surface area contributed by atoms with E-state index in [1.54, 1.807) is 13.2 Å². The summed E-state index contributed by atoms with van der Waals surface area (Å²) in [6.45, 7) is 4.12. The number of nitrogens with two attached hydrogens (primary N) is 1. The minimum atomic E-state index is -0.183. The lowest BCUT2D eigenvalue weighted by Gasteiger charge is -2.16. The number of ether oxygens (including phenoxy) is 1. The summed E-state index contributed by atoms with van der Waals surface area (Å²) in [6.07, 6.45) is 0. The molecule has 0 fully saturated rings. The molecular formula is C14H18N4O. The van der Waals surface area contributed by atoms with Gasteiger partial charge >= 0.3 is 0 Å². The highest BCUT2D eigenvalue weighted by Gasteiger charge is 2.15. The maximum Gasteiger partial charge on any atom is 0.233 e. The van der Waals surface area contributed by atoms with E-state index >= 15 is 0 Å². The van der Waals surface area contributed by atoms with E-state index in [1.807, 2.05) is 6.07 Å². The van der Waals surface area contributed by atoms with Gasteiger partial charge in [0.1, 0.15) is 0 Å². The minimum Gasteiger partial charge on any atom is -0.480 e. The zero-order valence-electron chi connectivity index (χ0n) is 11.3. The molecule has 5 nitrogen and oxygen atoms in total. The molecule has 0 aliphatic heterocycles. The Bertz CT molecular complexity index is 534. The molecule has 1 atom stereocenters. The van der Waals surface area contributed by atoms with Gasteiger partial charge in [0.25, 0.3) is 0 Å². The van der Waals surface area contributed by atoms with E-state index in [2.05, 4.69) is 47.7 Å². The molecule has 2 rings (SSSR count). The zero-order chi connectivity index (χ0) is 13.8. The summed E-state index contributed by atoms with van der Waals surface area (Å²) < 4.78 is 5.00. The molecule has 0 radical (unpaired) electrons. The minimum absolute atomic E-state index is 0.183. The highest BCUT2D eigenvalue weighted by molar-refractivity contribution is 5.34. The fourth-order valence-corrected chi connectivity index (χ4v) is 2.12. The first-order valence-electron chi connectivity index (χ1n) is 6.06. The van der Waals surface area contributed by atoms with Crippen LogP contribution in [-0.2, 0) is 0 Å². The number of nitrogens with zero attached hydrogens (tertiary/aromatic N) is 2. The van der Waals surface area contributed by atoms with E-state index in [-0.39, 0.29) is 6.04 Å². The number of aryl methyl sites for hydroxylation is 2. The standard InChI is InChI=1S/C14H18N4O/c1-9-6-10(2)8-11(7-9)14(16-15)12-4-5-13(19-3)18-17-12/h4-8,14,16H,15H2,1-3H3. The van der Waals surface area contributed by atoms with Gasteiger partial charge in [0, 0.05) is 6.07 Å². The van der Waals surface area contributed by atoms with E-state index in [1.165, 1.54) is 11.1 Å². The Morgan fingerprint density at radius 3 is 2.26 bits per heavy atom. The Morgan fingerprint density at radius 1 is 1.11 bits per heavy atom. The van der Waals surface area contributed by atoms with Crippen molar-refractivity contribution >= 4 is 0 Å². The van der Waals surface area contributed by atoms with Gasteiger partial charge in [-0.25, -0.2) is 5.43 Å². The molecule has 0 saturated carbocycles. The molecule has 1 aromatic carbocycles. The predicted octanol–water partition coefficient (Wildman–Crippen LogP) is 1.65. The van der Waals surface area contributed by atoms with Gasteiger partial charge in [0.05, 0.1) is 18.8 Å². The molecule has 19 heavy (non-hydrogen) atoms. The van der Waals surface area contributed by atoms with Crippen LogP contribution in [0, 0.1) is 13.8 Å². The zero-order valence-corrected chi connectivity index (χ0v) is 11.3. The Labute approximate surface area is 112 Å². The van der Waals surface area contributed by atoms with E-state index < -0.39 is 0 Å². The van der Waals surface area contributed by atoms with E-state index in [4.69, 9.17) is 10.6 Å². The summed E-state index contributed by atoms with van der Waals surface area (Å²) in [7, 11) is 1.56. The number of methoxy groups -OCH3 is 1. The van der Waals surface area contributed by atoms with Crippen molar-refractivity contribution < 1.29 is 4.74 Å². The smallest absolute Gasteiger partial charge is 0.233 e.